The van der Waals surface area contributed by atoms with Gasteiger partial charge in [-0.1, -0.05) is 6.92 Å². The average molecular weight is 310 g/mol. The average Bonchev–Trinajstić information content (AvgIpc) is 2.88. The number of nitrogens with zero attached hydrogens (tertiary/aromatic N) is 2. The largest absolute Gasteiger partial charge is 0.481 e. The topological polar surface area (TPSA) is 77.9 Å². The number of aliphatic carboxylic acids is 1. The number of rotatable bonds is 4. The quantitative estimate of drug-likeness (QED) is 0.850. The summed E-state index contributed by atoms with van der Waals surface area (Å²) < 4.78 is 0. The van der Waals surface area contributed by atoms with Crippen molar-refractivity contribution in [2.75, 3.05) is 19.6 Å². The molecule has 2 aliphatic heterocycles. The van der Waals surface area contributed by atoms with Gasteiger partial charge in [-0.05, 0) is 32.6 Å². The summed E-state index contributed by atoms with van der Waals surface area (Å²) in [4.78, 5) is 39.4. The monoisotopic (exact) mass is 310 g/mol. The second-order valence-electron chi connectivity index (χ2n) is 6.43. The number of likely N-dealkylation sites (tertiary alicyclic amines) is 2. The van der Waals surface area contributed by atoms with Crippen LogP contribution in [0.3, 0.4) is 0 Å². The Morgan fingerprint density at radius 2 is 1.91 bits per heavy atom. The third-order valence-electron chi connectivity index (χ3n) is 4.94. The Hall–Kier alpha value is -1.59. The van der Waals surface area contributed by atoms with Crippen molar-refractivity contribution in [2.45, 2.75) is 52.0 Å². The Morgan fingerprint density at radius 3 is 2.50 bits per heavy atom. The van der Waals surface area contributed by atoms with Gasteiger partial charge in [-0.25, -0.2) is 0 Å². The third kappa shape index (κ3) is 3.42. The summed E-state index contributed by atoms with van der Waals surface area (Å²) in [7, 11) is 0. The maximum Gasteiger partial charge on any atom is 0.308 e. The van der Waals surface area contributed by atoms with Gasteiger partial charge < -0.3 is 14.9 Å². The molecule has 3 atom stereocenters. The Kier molecular flexibility index (Phi) is 5.42. The van der Waals surface area contributed by atoms with Crippen LogP contribution in [0.1, 0.15) is 46.0 Å². The first kappa shape index (κ1) is 16.8. The number of carboxylic acids is 1. The number of hydrogen-bond acceptors (Lipinski definition) is 3. The van der Waals surface area contributed by atoms with E-state index in [9.17, 15) is 19.5 Å². The third-order valence-corrected chi connectivity index (χ3v) is 4.94. The molecule has 22 heavy (non-hydrogen) atoms. The number of carbonyl (C=O) groups is 3. The molecule has 0 aromatic rings. The fourth-order valence-electron chi connectivity index (χ4n) is 3.59. The standard InChI is InChI=1S/C16H26N2O4/c1-3-5-14(19)17-8-4-6-12(10-17)15(20)18-9-7-13(11(18)2)16(21)22/h11-13H,3-10H2,1-2H3,(H,21,22). The lowest BCUT2D eigenvalue weighted by atomic mass is 9.95. The van der Waals surface area contributed by atoms with E-state index in [1.807, 2.05) is 13.8 Å². The Morgan fingerprint density at radius 1 is 1.18 bits per heavy atom. The van der Waals surface area contributed by atoms with Crippen molar-refractivity contribution >= 4 is 17.8 Å². The van der Waals surface area contributed by atoms with Crippen LogP contribution in [0.25, 0.3) is 0 Å². The summed E-state index contributed by atoms with van der Waals surface area (Å²) in [6.07, 6.45) is 3.50. The fourth-order valence-corrected chi connectivity index (χ4v) is 3.59. The van der Waals surface area contributed by atoms with Gasteiger partial charge in [0.15, 0.2) is 0 Å². The summed E-state index contributed by atoms with van der Waals surface area (Å²) in [5, 5.41) is 9.18. The van der Waals surface area contributed by atoms with Crippen LogP contribution in [0, 0.1) is 11.8 Å². The molecule has 2 fully saturated rings. The Bertz CT molecular complexity index is 451. The number of hydrogen-bond donors (Lipinski definition) is 1. The maximum absolute atomic E-state index is 12.7. The van der Waals surface area contributed by atoms with Crippen LogP contribution in [0.4, 0.5) is 0 Å². The summed E-state index contributed by atoms with van der Waals surface area (Å²) in [5.74, 6) is -1.33. The van der Waals surface area contributed by atoms with Crippen LogP contribution in [-0.4, -0.2) is 58.4 Å². The SMILES string of the molecule is CCCC(=O)N1CCCC(C(=O)N2CCC(C(=O)O)C2C)C1. The molecular weight excluding hydrogens is 284 g/mol. The lowest BCUT2D eigenvalue weighted by Crippen LogP contribution is -2.48. The van der Waals surface area contributed by atoms with E-state index in [2.05, 4.69) is 0 Å². The minimum absolute atomic E-state index is 0.0187. The van der Waals surface area contributed by atoms with Gasteiger partial charge in [-0.2, -0.15) is 0 Å². The van der Waals surface area contributed by atoms with Gasteiger partial charge >= 0.3 is 5.97 Å². The highest BCUT2D eigenvalue weighted by Gasteiger charge is 2.41. The summed E-state index contributed by atoms with van der Waals surface area (Å²) in [6.45, 7) is 5.51. The first-order chi connectivity index (χ1) is 10.5. The van der Waals surface area contributed by atoms with E-state index >= 15 is 0 Å². The molecule has 0 aliphatic carbocycles. The smallest absolute Gasteiger partial charge is 0.308 e. The molecule has 6 nitrogen and oxygen atoms in total. The Labute approximate surface area is 131 Å². The maximum atomic E-state index is 12.7. The van der Waals surface area contributed by atoms with Crippen molar-refractivity contribution < 1.29 is 19.5 Å². The van der Waals surface area contributed by atoms with Gasteiger partial charge in [0.25, 0.3) is 0 Å². The summed E-state index contributed by atoms with van der Waals surface area (Å²) >= 11 is 0. The van der Waals surface area contributed by atoms with Crippen molar-refractivity contribution in [2.24, 2.45) is 11.8 Å². The van der Waals surface area contributed by atoms with E-state index in [0.29, 0.717) is 25.9 Å². The molecule has 2 amide bonds. The van der Waals surface area contributed by atoms with Gasteiger partial charge in [0, 0.05) is 32.1 Å². The second kappa shape index (κ2) is 7.11. The van der Waals surface area contributed by atoms with E-state index < -0.39 is 11.9 Å². The van der Waals surface area contributed by atoms with E-state index in [0.717, 1.165) is 25.8 Å². The molecule has 2 rings (SSSR count). The molecule has 3 unspecified atom stereocenters. The zero-order valence-electron chi connectivity index (χ0n) is 13.5. The van der Waals surface area contributed by atoms with Crippen molar-refractivity contribution in [3.05, 3.63) is 0 Å². The van der Waals surface area contributed by atoms with Gasteiger partial charge in [0.05, 0.1) is 11.8 Å². The normalized spacial score (nSPS) is 28.7. The van der Waals surface area contributed by atoms with Crippen LogP contribution in [0.15, 0.2) is 0 Å². The van der Waals surface area contributed by atoms with E-state index in [1.165, 1.54) is 0 Å². The molecule has 6 heteroatoms. The molecule has 0 saturated carbocycles. The molecular formula is C16H26N2O4. The molecule has 0 spiro atoms. The summed E-state index contributed by atoms with van der Waals surface area (Å²) in [6, 6.07) is -0.258. The second-order valence-corrected chi connectivity index (χ2v) is 6.43. The highest BCUT2D eigenvalue weighted by atomic mass is 16.4. The van der Waals surface area contributed by atoms with Crippen LogP contribution in [-0.2, 0) is 14.4 Å². The highest BCUT2D eigenvalue weighted by molar-refractivity contribution is 5.83. The van der Waals surface area contributed by atoms with Crippen molar-refractivity contribution in [3.8, 4) is 0 Å². The first-order valence-corrected chi connectivity index (χ1v) is 8.26. The van der Waals surface area contributed by atoms with Crippen molar-refractivity contribution in [3.63, 3.8) is 0 Å². The van der Waals surface area contributed by atoms with Gasteiger partial charge in [-0.3, -0.25) is 14.4 Å². The molecule has 0 aromatic heterocycles. The zero-order chi connectivity index (χ0) is 16.3. The molecule has 2 saturated heterocycles. The lowest BCUT2D eigenvalue weighted by molar-refractivity contribution is -0.144. The van der Waals surface area contributed by atoms with Crippen molar-refractivity contribution in [1.29, 1.82) is 0 Å². The predicted molar refractivity (Wildman–Crippen MR) is 81.1 cm³/mol. The number of carboxylic acid groups (broad SMARTS) is 1. The lowest BCUT2D eigenvalue weighted by Gasteiger charge is -2.35. The zero-order valence-corrected chi connectivity index (χ0v) is 13.5. The fraction of sp³-hybridized carbons (Fsp3) is 0.812. The van der Waals surface area contributed by atoms with Crippen LogP contribution in [0.5, 0.6) is 0 Å². The van der Waals surface area contributed by atoms with E-state index in [4.69, 9.17) is 0 Å². The minimum atomic E-state index is -0.828. The number of amides is 2. The molecule has 2 heterocycles. The van der Waals surface area contributed by atoms with Crippen LogP contribution in [0.2, 0.25) is 0 Å². The molecule has 2 aliphatic rings. The summed E-state index contributed by atoms with van der Waals surface area (Å²) in [5.41, 5.74) is 0. The minimum Gasteiger partial charge on any atom is -0.481 e. The Balaban J connectivity index is 1.98. The van der Waals surface area contributed by atoms with Crippen LogP contribution >= 0.6 is 0 Å². The van der Waals surface area contributed by atoms with Gasteiger partial charge in [0.2, 0.25) is 11.8 Å². The molecule has 1 N–H and O–H groups in total. The first-order valence-electron chi connectivity index (χ1n) is 8.26. The van der Waals surface area contributed by atoms with Crippen LogP contribution < -0.4 is 0 Å². The number of piperidine rings is 1. The van der Waals surface area contributed by atoms with E-state index in [-0.39, 0.29) is 23.8 Å². The number of carbonyl (C=O) groups excluding carboxylic acids is 2. The van der Waals surface area contributed by atoms with Gasteiger partial charge in [0.1, 0.15) is 0 Å². The molecule has 0 bridgehead atoms. The molecule has 0 aromatic carbocycles. The van der Waals surface area contributed by atoms with E-state index in [1.54, 1.807) is 9.80 Å². The highest BCUT2D eigenvalue weighted by Crippen LogP contribution is 2.28. The molecule has 124 valence electrons. The van der Waals surface area contributed by atoms with Gasteiger partial charge in [-0.15, -0.1) is 0 Å². The molecule has 0 radical (unpaired) electrons. The predicted octanol–water partition coefficient (Wildman–Crippen LogP) is 1.35. The van der Waals surface area contributed by atoms with Crippen molar-refractivity contribution in [1.82, 2.24) is 9.80 Å².